The molecule has 3 nitrogen and oxygen atoms in total. The van der Waals surface area contributed by atoms with Gasteiger partial charge in [0.2, 0.25) is 5.91 Å². The largest absolute Gasteiger partial charge is 0.369 e. The van der Waals surface area contributed by atoms with Crippen LogP contribution in [0.5, 0.6) is 0 Å². The Morgan fingerprint density at radius 2 is 2.42 bits per heavy atom. The molecule has 1 atom stereocenters. The zero-order valence-electron chi connectivity index (χ0n) is 6.40. The first-order chi connectivity index (χ1) is 5.79. The minimum Gasteiger partial charge on any atom is -0.369 e. The fourth-order valence-electron chi connectivity index (χ4n) is 1.35. The number of hydrogen-bond acceptors (Lipinski definition) is 2. The first-order valence-corrected chi connectivity index (χ1v) is 3.71. The SMILES string of the molecule is NC(=O)C1C=CC=C2C=CN=C21. The summed E-state index contributed by atoms with van der Waals surface area (Å²) in [5, 5.41) is 0. The van der Waals surface area contributed by atoms with Gasteiger partial charge < -0.3 is 5.73 Å². The van der Waals surface area contributed by atoms with Gasteiger partial charge >= 0.3 is 0 Å². The van der Waals surface area contributed by atoms with E-state index in [0.717, 1.165) is 11.3 Å². The lowest BCUT2D eigenvalue weighted by molar-refractivity contribution is -0.118. The number of aliphatic imine (C=N–C) groups is 1. The van der Waals surface area contributed by atoms with Crippen LogP contribution >= 0.6 is 0 Å². The highest BCUT2D eigenvalue weighted by Crippen LogP contribution is 2.21. The van der Waals surface area contributed by atoms with Crippen LogP contribution in [0.1, 0.15) is 0 Å². The van der Waals surface area contributed by atoms with Crippen LogP contribution in [-0.2, 0) is 4.79 Å². The average Bonchev–Trinajstić information content (AvgIpc) is 2.49. The number of amides is 1. The first-order valence-electron chi connectivity index (χ1n) is 3.71. The molecular weight excluding hydrogens is 152 g/mol. The summed E-state index contributed by atoms with van der Waals surface area (Å²) in [6.07, 6.45) is 9.07. The Labute approximate surface area is 70.0 Å². The molecule has 2 aliphatic rings. The standard InChI is InChI=1S/C9H8N2O/c10-9(12)7-3-1-2-6-4-5-11-8(6)7/h1-5,7H,(H2,10,12). The van der Waals surface area contributed by atoms with Gasteiger partial charge in [-0.1, -0.05) is 18.2 Å². The van der Waals surface area contributed by atoms with Gasteiger partial charge in [0.1, 0.15) is 0 Å². The molecule has 2 N–H and O–H groups in total. The number of hydrogen-bond donors (Lipinski definition) is 1. The molecule has 0 radical (unpaired) electrons. The predicted octanol–water partition coefficient (Wildman–Crippen LogP) is 0.552. The van der Waals surface area contributed by atoms with Gasteiger partial charge in [-0.2, -0.15) is 0 Å². The van der Waals surface area contributed by atoms with Gasteiger partial charge in [-0.05, 0) is 11.6 Å². The summed E-state index contributed by atoms with van der Waals surface area (Å²) in [5.74, 6) is -0.695. The molecule has 1 amide bonds. The minimum absolute atomic E-state index is 0.347. The Hall–Kier alpha value is -1.64. The zero-order chi connectivity index (χ0) is 8.55. The van der Waals surface area contributed by atoms with Crippen LogP contribution < -0.4 is 5.73 Å². The van der Waals surface area contributed by atoms with E-state index in [9.17, 15) is 4.79 Å². The van der Waals surface area contributed by atoms with Gasteiger partial charge in [0.15, 0.2) is 0 Å². The molecule has 0 saturated carbocycles. The monoisotopic (exact) mass is 160 g/mol. The van der Waals surface area contributed by atoms with Crippen molar-refractivity contribution in [2.24, 2.45) is 16.6 Å². The number of carbonyl (C=O) groups excluding carboxylic acids is 1. The van der Waals surface area contributed by atoms with Gasteiger partial charge in [0.25, 0.3) is 0 Å². The number of fused-ring (bicyclic) bond motifs is 1. The molecule has 0 aromatic heterocycles. The maximum absolute atomic E-state index is 10.9. The van der Waals surface area contributed by atoms with Crippen molar-refractivity contribution < 1.29 is 4.79 Å². The molecule has 0 fully saturated rings. The van der Waals surface area contributed by atoms with Gasteiger partial charge in [0.05, 0.1) is 11.6 Å². The highest BCUT2D eigenvalue weighted by molar-refractivity contribution is 6.17. The highest BCUT2D eigenvalue weighted by atomic mass is 16.1. The van der Waals surface area contributed by atoms with Crippen LogP contribution in [0.3, 0.4) is 0 Å². The number of primary amides is 1. The summed E-state index contributed by atoms with van der Waals surface area (Å²) in [5.41, 5.74) is 6.95. The molecule has 1 aliphatic heterocycles. The summed E-state index contributed by atoms with van der Waals surface area (Å²) in [7, 11) is 0. The third kappa shape index (κ3) is 0.906. The van der Waals surface area contributed by atoms with Crippen LogP contribution in [0.25, 0.3) is 0 Å². The molecule has 0 spiro atoms. The lowest BCUT2D eigenvalue weighted by atomic mass is 9.92. The van der Waals surface area contributed by atoms with Gasteiger partial charge in [-0.15, -0.1) is 0 Å². The smallest absolute Gasteiger partial charge is 0.230 e. The van der Waals surface area contributed by atoms with Crippen LogP contribution in [-0.4, -0.2) is 11.6 Å². The Bertz CT molecular complexity index is 348. The summed E-state index contributed by atoms with van der Waals surface area (Å²) in [6, 6.07) is 0. The van der Waals surface area contributed by atoms with Crippen molar-refractivity contribution in [2.45, 2.75) is 0 Å². The summed E-state index contributed by atoms with van der Waals surface area (Å²) >= 11 is 0. The molecule has 0 aromatic rings. The van der Waals surface area contributed by atoms with E-state index in [1.54, 1.807) is 12.3 Å². The molecule has 3 heteroatoms. The molecule has 1 unspecified atom stereocenters. The van der Waals surface area contributed by atoms with Crippen molar-refractivity contribution in [3.8, 4) is 0 Å². The Kier molecular flexibility index (Phi) is 1.43. The molecule has 2 rings (SSSR count). The van der Waals surface area contributed by atoms with Crippen LogP contribution in [0, 0.1) is 5.92 Å². The van der Waals surface area contributed by atoms with E-state index in [1.807, 2.05) is 18.2 Å². The van der Waals surface area contributed by atoms with Crippen molar-refractivity contribution >= 4 is 11.6 Å². The topological polar surface area (TPSA) is 55.5 Å². The van der Waals surface area contributed by atoms with Crippen LogP contribution in [0.2, 0.25) is 0 Å². The summed E-state index contributed by atoms with van der Waals surface area (Å²) < 4.78 is 0. The zero-order valence-corrected chi connectivity index (χ0v) is 6.40. The number of nitrogens with zero attached hydrogens (tertiary/aromatic N) is 1. The minimum atomic E-state index is -0.348. The second-order valence-electron chi connectivity index (χ2n) is 2.72. The first kappa shape index (κ1) is 7.03. The molecule has 0 aromatic carbocycles. The normalized spacial score (nSPS) is 24.8. The van der Waals surface area contributed by atoms with E-state index in [2.05, 4.69) is 4.99 Å². The molecule has 1 aliphatic carbocycles. The third-order valence-electron chi connectivity index (χ3n) is 1.94. The van der Waals surface area contributed by atoms with Crippen molar-refractivity contribution in [2.75, 3.05) is 0 Å². The fraction of sp³-hybridized carbons (Fsp3) is 0.111. The maximum Gasteiger partial charge on any atom is 0.230 e. The van der Waals surface area contributed by atoms with Crippen molar-refractivity contribution in [3.63, 3.8) is 0 Å². The van der Waals surface area contributed by atoms with Crippen molar-refractivity contribution in [1.82, 2.24) is 0 Å². The van der Waals surface area contributed by atoms with Gasteiger partial charge in [-0.25, -0.2) is 0 Å². The number of allylic oxidation sites excluding steroid dienone is 4. The lowest BCUT2D eigenvalue weighted by Gasteiger charge is -2.12. The maximum atomic E-state index is 10.9. The molecule has 12 heavy (non-hydrogen) atoms. The molecular formula is C9H8N2O. The quantitative estimate of drug-likeness (QED) is 0.598. The molecule has 0 bridgehead atoms. The number of nitrogens with two attached hydrogens (primary N) is 1. The Morgan fingerprint density at radius 3 is 3.17 bits per heavy atom. The van der Waals surface area contributed by atoms with Crippen molar-refractivity contribution in [1.29, 1.82) is 0 Å². The summed E-state index contributed by atoms with van der Waals surface area (Å²) in [4.78, 5) is 15.0. The van der Waals surface area contributed by atoms with E-state index >= 15 is 0 Å². The second kappa shape index (κ2) is 2.44. The van der Waals surface area contributed by atoms with E-state index in [0.29, 0.717) is 0 Å². The van der Waals surface area contributed by atoms with Gasteiger partial charge in [-0.3, -0.25) is 9.79 Å². The average molecular weight is 160 g/mol. The van der Waals surface area contributed by atoms with E-state index in [1.165, 1.54) is 0 Å². The fourth-order valence-corrected chi connectivity index (χ4v) is 1.35. The Morgan fingerprint density at radius 1 is 1.58 bits per heavy atom. The molecule has 1 heterocycles. The third-order valence-corrected chi connectivity index (χ3v) is 1.94. The number of rotatable bonds is 1. The van der Waals surface area contributed by atoms with E-state index in [4.69, 9.17) is 5.73 Å². The van der Waals surface area contributed by atoms with Crippen LogP contribution in [0.4, 0.5) is 0 Å². The predicted molar refractivity (Wildman–Crippen MR) is 46.5 cm³/mol. The van der Waals surface area contributed by atoms with E-state index in [-0.39, 0.29) is 11.8 Å². The second-order valence-corrected chi connectivity index (χ2v) is 2.72. The highest BCUT2D eigenvalue weighted by Gasteiger charge is 2.24. The number of carbonyl (C=O) groups is 1. The Balaban J connectivity index is 2.39. The molecule has 60 valence electrons. The van der Waals surface area contributed by atoms with E-state index < -0.39 is 0 Å². The van der Waals surface area contributed by atoms with Gasteiger partial charge in [0, 0.05) is 6.20 Å². The summed E-state index contributed by atoms with van der Waals surface area (Å²) in [6.45, 7) is 0. The van der Waals surface area contributed by atoms with Crippen LogP contribution in [0.15, 0.2) is 41.1 Å². The molecule has 0 saturated heterocycles. The van der Waals surface area contributed by atoms with Crippen molar-refractivity contribution in [3.05, 3.63) is 36.1 Å². The lowest BCUT2D eigenvalue weighted by Crippen LogP contribution is -2.29.